The summed E-state index contributed by atoms with van der Waals surface area (Å²) >= 11 is 11.3. The zero-order valence-corrected chi connectivity index (χ0v) is 12.3. The van der Waals surface area contributed by atoms with Gasteiger partial charge in [-0.25, -0.2) is 10.2 Å². The molecule has 0 bridgehead atoms. The number of ether oxygens (including phenoxy) is 1. The van der Waals surface area contributed by atoms with Gasteiger partial charge in [-0.15, -0.1) is 0 Å². The topological polar surface area (TPSA) is 50.7 Å². The Morgan fingerprint density at radius 2 is 2.10 bits per heavy atom. The van der Waals surface area contributed by atoms with Crippen molar-refractivity contribution in [2.75, 3.05) is 6.61 Å². The molecule has 0 saturated heterocycles. The number of hydrazone groups is 1. The SMILES string of the molecule is CCOC(=O)N/N=C(\c1cccc(C(F)(F)F)c1)C(Cl)Cl. The van der Waals surface area contributed by atoms with Crippen molar-refractivity contribution in [1.29, 1.82) is 0 Å². The number of hydrogen-bond donors (Lipinski definition) is 1. The first-order chi connectivity index (χ1) is 9.75. The number of nitrogens with zero attached hydrogens (tertiary/aromatic N) is 1. The van der Waals surface area contributed by atoms with Crippen molar-refractivity contribution in [3.63, 3.8) is 0 Å². The molecular weight excluding hydrogens is 332 g/mol. The van der Waals surface area contributed by atoms with Gasteiger partial charge in [-0.05, 0) is 19.1 Å². The largest absolute Gasteiger partial charge is 0.449 e. The van der Waals surface area contributed by atoms with Crippen LogP contribution in [0, 0.1) is 0 Å². The Labute approximate surface area is 128 Å². The lowest BCUT2D eigenvalue weighted by molar-refractivity contribution is -0.137. The van der Waals surface area contributed by atoms with Gasteiger partial charge >= 0.3 is 12.3 Å². The lowest BCUT2D eigenvalue weighted by atomic mass is 10.1. The summed E-state index contributed by atoms with van der Waals surface area (Å²) in [4.78, 5) is 9.89. The summed E-state index contributed by atoms with van der Waals surface area (Å²) in [5.74, 6) is 0. The molecule has 0 heterocycles. The van der Waals surface area contributed by atoms with Crippen molar-refractivity contribution in [2.24, 2.45) is 5.10 Å². The maximum absolute atomic E-state index is 12.7. The molecule has 1 aromatic rings. The highest BCUT2D eigenvalue weighted by Crippen LogP contribution is 2.30. The van der Waals surface area contributed by atoms with Crippen LogP contribution in [0.15, 0.2) is 29.4 Å². The molecule has 0 aliphatic heterocycles. The first-order valence-corrected chi connectivity index (χ1v) is 6.59. The maximum atomic E-state index is 12.7. The van der Waals surface area contributed by atoms with Gasteiger partial charge in [0.1, 0.15) is 5.71 Å². The number of alkyl halides is 5. The third kappa shape index (κ3) is 5.43. The van der Waals surface area contributed by atoms with Gasteiger partial charge in [0.15, 0.2) is 4.84 Å². The molecule has 4 nitrogen and oxygen atoms in total. The molecule has 0 spiro atoms. The predicted molar refractivity (Wildman–Crippen MR) is 73.6 cm³/mol. The molecule has 0 atom stereocenters. The van der Waals surface area contributed by atoms with E-state index in [9.17, 15) is 18.0 Å². The van der Waals surface area contributed by atoms with Crippen LogP contribution in [0.5, 0.6) is 0 Å². The molecule has 0 aromatic heterocycles. The third-order valence-electron chi connectivity index (χ3n) is 2.24. The highest BCUT2D eigenvalue weighted by atomic mass is 35.5. The van der Waals surface area contributed by atoms with Crippen LogP contribution >= 0.6 is 23.2 Å². The molecule has 1 aromatic carbocycles. The average molecular weight is 343 g/mol. The quantitative estimate of drug-likeness (QED) is 0.511. The van der Waals surface area contributed by atoms with Crippen LogP contribution in [0.4, 0.5) is 18.0 Å². The molecule has 1 amide bonds. The Balaban J connectivity index is 3.06. The van der Waals surface area contributed by atoms with E-state index < -0.39 is 22.7 Å². The molecule has 9 heteroatoms. The molecule has 0 unspecified atom stereocenters. The number of carbonyl (C=O) groups excluding carboxylic acids is 1. The average Bonchev–Trinajstić information content (AvgIpc) is 2.38. The van der Waals surface area contributed by atoms with Gasteiger partial charge in [0.25, 0.3) is 0 Å². The van der Waals surface area contributed by atoms with Crippen LogP contribution in [0.2, 0.25) is 0 Å². The van der Waals surface area contributed by atoms with Crippen molar-refractivity contribution < 1.29 is 22.7 Å². The normalized spacial score (nSPS) is 12.4. The van der Waals surface area contributed by atoms with Crippen LogP contribution in [-0.2, 0) is 10.9 Å². The van der Waals surface area contributed by atoms with Crippen molar-refractivity contribution in [3.8, 4) is 0 Å². The molecule has 0 aliphatic carbocycles. The van der Waals surface area contributed by atoms with Gasteiger partial charge in [-0.3, -0.25) is 0 Å². The molecule has 1 N–H and O–H groups in total. The molecule has 0 fully saturated rings. The molecule has 1 rings (SSSR count). The summed E-state index contributed by atoms with van der Waals surface area (Å²) in [6.07, 6.45) is -5.37. The number of nitrogens with one attached hydrogen (secondary N) is 1. The second-order valence-electron chi connectivity index (χ2n) is 3.71. The van der Waals surface area contributed by atoms with Crippen LogP contribution < -0.4 is 5.43 Å². The summed E-state index contributed by atoms with van der Waals surface area (Å²) in [6.45, 7) is 1.70. The molecule has 21 heavy (non-hydrogen) atoms. The minimum atomic E-state index is -4.51. The Morgan fingerprint density at radius 1 is 1.43 bits per heavy atom. The van der Waals surface area contributed by atoms with Crippen LogP contribution in [0.25, 0.3) is 0 Å². The second-order valence-corrected chi connectivity index (χ2v) is 4.80. The van der Waals surface area contributed by atoms with Crippen molar-refractivity contribution >= 4 is 35.0 Å². The highest BCUT2D eigenvalue weighted by molar-refractivity contribution is 6.56. The Hall–Kier alpha value is -1.47. The standard InChI is InChI=1S/C12H11Cl2F3N2O2/c1-2-21-11(20)19-18-9(10(13)14)7-4-3-5-8(6-7)12(15,16)17/h3-6,10H,2H2,1H3,(H,19,20)/b18-9+. The Kier molecular flexibility index (Phi) is 6.29. The van der Waals surface area contributed by atoms with E-state index in [4.69, 9.17) is 23.2 Å². The van der Waals surface area contributed by atoms with E-state index in [1.54, 1.807) is 6.92 Å². The first-order valence-electron chi connectivity index (χ1n) is 5.71. The van der Waals surface area contributed by atoms with Crippen LogP contribution in [0.1, 0.15) is 18.1 Å². The highest BCUT2D eigenvalue weighted by Gasteiger charge is 2.31. The van der Waals surface area contributed by atoms with Crippen molar-refractivity contribution in [1.82, 2.24) is 5.43 Å². The van der Waals surface area contributed by atoms with Gasteiger partial charge in [0.05, 0.1) is 12.2 Å². The first kappa shape index (κ1) is 17.6. The summed E-state index contributed by atoms with van der Waals surface area (Å²) in [7, 11) is 0. The van der Waals surface area contributed by atoms with Gasteiger partial charge < -0.3 is 4.74 Å². The van der Waals surface area contributed by atoms with Crippen LogP contribution in [0.3, 0.4) is 0 Å². The lowest BCUT2D eigenvalue weighted by Crippen LogP contribution is -2.23. The number of rotatable bonds is 4. The van der Waals surface area contributed by atoms with E-state index in [-0.39, 0.29) is 17.9 Å². The molecule has 0 radical (unpaired) electrons. The summed E-state index contributed by atoms with van der Waals surface area (Å²) in [5, 5.41) is 3.60. The minimum Gasteiger partial charge on any atom is -0.449 e. The molecule has 0 aliphatic rings. The molecular formula is C12H11Cl2F3N2O2. The number of benzene rings is 1. The smallest absolute Gasteiger partial charge is 0.427 e. The van der Waals surface area contributed by atoms with E-state index in [0.29, 0.717) is 0 Å². The zero-order valence-electron chi connectivity index (χ0n) is 10.7. The summed E-state index contributed by atoms with van der Waals surface area (Å²) < 4.78 is 42.5. The number of halogens is 5. The fourth-order valence-corrected chi connectivity index (χ4v) is 1.71. The van der Waals surface area contributed by atoms with Crippen LogP contribution in [-0.4, -0.2) is 23.2 Å². The zero-order chi connectivity index (χ0) is 16.0. The fourth-order valence-electron chi connectivity index (χ4n) is 1.36. The molecule has 0 saturated carbocycles. The number of amides is 1. The second kappa shape index (κ2) is 7.51. The van der Waals surface area contributed by atoms with Crippen molar-refractivity contribution in [2.45, 2.75) is 17.9 Å². The third-order valence-corrected chi connectivity index (χ3v) is 2.65. The number of hydrogen-bond acceptors (Lipinski definition) is 3. The van der Waals surface area contributed by atoms with Gasteiger partial charge in [0, 0.05) is 5.56 Å². The monoisotopic (exact) mass is 342 g/mol. The maximum Gasteiger partial charge on any atom is 0.427 e. The van der Waals surface area contributed by atoms with Gasteiger partial charge in [-0.1, -0.05) is 35.3 Å². The minimum absolute atomic E-state index is 0.0385. The number of carbonyl (C=O) groups is 1. The van der Waals surface area contributed by atoms with Gasteiger partial charge in [0.2, 0.25) is 0 Å². The Morgan fingerprint density at radius 3 is 2.62 bits per heavy atom. The van der Waals surface area contributed by atoms with E-state index in [0.717, 1.165) is 12.1 Å². The summed E-state index contributed by atoms with van der Waals surface area (Å²) in [5.41, 5.74) is 1.03. The summed E-state index contributed by atoms with van der Waals surface area (Å²) in [6, 6.07) is 4.27. The van der Waals surface area contributed by atoms with E-state index >= 15 is 0 Å². The Bertz CT molecular complexity index is 533. The predicted octanol–water partition coefficient (Wildman–Crippen LogP) is 3.96. The van der Waals surface area contributed by atoms with Gasteiger partial charge in [-0.2, -0.15) is 18.3 Å². The fraction of sp³-hybridized carbons (Fsp3) is 0.333. The van der Waals surface area contributed by atoms with E-state index in [2.05, 4.69) is 9.84 Å². The van der Waals surface area contributed by atoms with Crippen molar-refractivity contribution in [3.05, 3.63) is 35.4 Å². The van der Waals surface area contributed by atoms with E-state index in [1.165, 1.54) is 12.1 Å². The lowest BCUT2D eigenvalue weighted by Gasteiger charge is -2.11. The van der Waals surface area contributed by atoms with E-state index in [1.807, 2.05) is 5.43 Å². The molecule has 116 valence electrons.